The Morgan fingerprint density at radius 1 is 1.25 bits per heavy atom. The van der Waals surface area contributed by atoms with Crippen LogP contribution in [0.3, 0.4) is 0 Å². The Balaban J connectivity index is 1.98. The fourth-order valence-corrected chi connectivity index (χ4v) is 2.78. The molecule has 84 valence electrons. The molecule has 0 spiro atoms. The van der Waals surface area contributed by atoms with Crippen molar-refractivity contribution in [2.45, 2.75) is 6.42 Å². The van der Waals surface area contributed by atoms with Crippen LogP contribution in [0.5, 0.6) is 0 Å². The van der Waals surface area contributed by atoms with E-state index >= 15 is 0 Å². The second-order valence-corrected chi connectivity index (χ2v) is 5.31. The maximum absolute atomic E-state index is 5.36. The van der Waals surface area contributed by atoms with Gasteiger partial charge in [-0.25, -0.2) is 9.97 Å². The first-order valence-electron chi connectivity index (χ1n) is 5.37. The summed E-state index contributed by atoms with van der Waals surface area (Å²) in [4.78, 5) is 11.0. The summed E-state index contributed by atoms with van der Waals surface area (Å²) < 4.78 is 6.70. The summed E-state index contributed by atoms with van der Waals surface area (Å²) in [6, 6.07) is 0. The van der Waals surface area contributed by atoms with Crippen molar-refractivity contribution in [3.8, 4) is 0 Å². The van der Waals surface area contributed by atoms with Gasteiger partial charge < -0.3 is 9.64 Å². The predicted molar refractivity (Wildman–Crippen MR) is 70.8 cm³/mol. The number of halogens is 1. The van der Waals surface area contributed by atoms with Gasteiger partial charge in [-0.2, -0.15) is 0 Å². The summed E-state index contributed by atoms with van der Waals surface area (Å²) in [6.07, 6.45) is 4.82. The molecular weight excluding hydrogens is 317 g/mol. The van der Waals surface area contributed by atoms with Crippen LogP contribution < -0.4 is 4.90 Å². The monoisotopic (exact) mass is 329 g/mol. The number of hydrogen-bond acceptors (Lipinski definition) is 4. The van der Waals surface area contributed by atoms with Crippen molar-refractivity contribution in [3.05, 3.63) is 21.2 Å². The highest BCUT2D eigenvalue weighted by molar-refractivity contribution is 14.1. The van der Waals surface area contributed by atoms with Gasteiger partial charge in [-0.1, -0.05) is 0 Å². The minimum atomic E-state index is 0.791. The van der Waals surface area contributed by atoms with E-state index in [1.165, 1.54) is 9.14 Å². The third kappa shape index (κ3) is 1.82. The minimum absolute atomic E-state index is 0.791. The third-order valence-electron chi connectivity index (χ3n) is 2.89. The van der Waals surface area contributed by atoms with Crippen LogP contribution in [0, 0.1) is 0 Å². The highest BCUT2D eigenvalue weighted by atomic mass is 127. The van der Waals surface area contributed by atoms with Gasteiger partial charge in [0, 0.05) is 25.1 Å². The van der Waals surface area contributed by atoms with Crippen molar-refractivity contribution < 1.29 is 4.74 Å². The molecule has 16 heavy (non-hydrogen) atoms. The van der Waals surface area contributed by atoms with Gasteiger partial charge in [0.25, 0.3) is 0 Å². The molecule has 0 atom stereocenters. The largest absolute Gasteiger partial charge is 0.378 e. The second kappa shape index (κ2) is 4.29. The zero-order valence-corrected chi connectivity index (χ0v) is 11.0. The van der Waals surface area contributed by atoms with Crippen LogP contribution in [0.1, 0.15) is 11.3 Å². The first kappa shape index (κ1) is 10.5. The average Bonchev–Trinajstić information content (AvgIpc) is 2.70. The zero-order valence-electron chi connectivity index (χ0n) is 8.82. The number of nitrogens with zero attached hydrogens (tertiary/aromatic N) is 3. The lowest BCUT2D eigenvalue weighted by Gasteiger charge is -2.28. The van der Waals surface area contributed by atoms with Crippen LogP contribution in [0.15, 0.2) is 9.91 Å². The van der Waals surface area contributed by atoms with Gasteiger partial charge in [-0.05, 0) is 32.2 Å². The smallest absolute Gasteiger partial charge is 0.139 e. The lowest BCUT2D eigenvalue weighted by Crippen LogP contribution is -2.37. The van der Waals surface area contributed by atoms with E-state index < -0.39 is 0 Å². The van der Waals surface area contributed by atoms with Crippen LogP contribution in [0.2, 0.25) is 0 Å². The van der Waals surface area contributed by atoms with E-state index in [1.807, 2.05) is 0 Å². The number of anilines is 1. The molecular formula is C11H12IN3O. The topological polar surface area (TPSA) is 38.2 Å². The Bertz CT molecular complexity index is 441. The summed E-state index contributed by atoms with van der Waals surface area (Å²) in [5, 5.41) is 0. The van der Waals surface area contributed by atoms with Crippen LogP contribution in [-0.2, 0) is 11.2 Å². The molecule has 5 heteroatoms. The quantitative estimate of drug-likeness (QED) is 0.735. The number of allylic oxidation sites excluding steroid dienone is 1. The first-order chi connectivity index (χ1) is 7.84. The number of aromatic nitrogens is 2. The standard InChI is InChI=1S/C11H12IN3O/c12-8-5-9-10(6-8)13-7-14-11(9)15-1-3-16-4-2-15/h5,7H,1-4,6H2. The molecule has 3 rings (SSSR count). The normalized spacial score (nSPS) is 19.6. The van der Waals surface area contributed by atoms with Crippen molar-refractivity contribution in [3.63, 3.8) is 0 Å². The number of morpholine rings is 1. The van der Waals surface area contributed by atoms with Gasteiger partial charge in [-0.3, -0.25) is 0 Å². The fourth-order valence-electron chi connectivity index (χ4n) is 2.10. The molecule has 0 radical (unpaired) electrons. The molecule has 0 aromatic carbocycles. The molecule has 2 aliphatic rings. The number of ether oxygens (including phenoxy) is 1. The average molecular weight is 329 g/mol. The SMILES string of the molecule is IC1=Cc2c(ncnc2N2CCOCC2)C1. The van der Waals surface area contributed by atoms with Gasteiger partial charge in [0.05, 0.1) is 18.9 Å². The summed E-state index contributed by atoms with van der Waals surface area (Å²) in [6.45, 7) is 3.43. The van der Waals surface area contributed by atoms with Crippen molar-refractivity contribution in [2.75, 3.05) is 31.2 Å². The van der Waals surface area contributed by atoms with Crippen molar-refractivity contribution in [1.82, 2.24) is 9.97 Å². The Morgan fingerprint density at radius 3 is 2.88 bits per heavy atom. The Kier molecular flexibility index (Phi) is 2.81. The van der Waals surface area contributed by atoms with Crippen LogP contribution >= 0.6 is 22.6 Å². The molecule has 1 aliphatic heterocycles. The molecule has 1 saturated heterocycles. The highest BCUT2D eigenvalue weighted by Crippen LogP contribution is 2.32. The molecule has 0 unspecified atom stereocenters. The number of rotatable bonds is 1. The van der Waals surface area contributed by atoms with Gasteiger partial charge in [0.15, 0.2) is 0 Å². The molecule has 0 amide bonds. The molecule has 4 nitrogen and oxygen atoms in total. The molecule has 1 aromatic rings. The van der Waals surface area contributed by atoms with Crippen LogP contribution in [0.4, 0.5) is 5.82 Å². The van der Waals surface area contributed by atoms with Crippen molar-refractivity contribution in [2.24, 2.45) is 0 Å². The zero-order chi connectivity index (χ0) is 11.0. The molecule has 1 aromatic heterocycles. The van der Waals surface area contributed by atoms with Gasteiger partial charge >= 0.3 is 0 Å². The Hall–Kier alpha value is -0.690. The van der Waals surface area contributed by atoms with Gasteiger partial charge in [0.1, 0.15) is 12.1 Å². The molecule has 0 N–H and O–H groups in total. The summed E-state index contributed by atoms with van der Waals surface area (Å²) in [7, 11) is 0. The van der Waals surface area contributed by atoms with Crippen molar-refractivity contribution >= 4 is 34.5 Å². The maximum atomic E-state index is 5.36. The Morgan fingerprint density at radius 2 is 2.06 bits per heavy atom. The number of fused-ring (bicyclic) bond motifs is 1. The van der Waals surface area contributed by atoms with E-state index in [1.54, 1.807) is 6.33 Å². The van der Waals surface area contributed by atoms with Crippen molar-refractivity contribution in [1.29, 1.82) is 0 Å². The summed E-state index contributed by atoms with van der Waals surface area (Å²) >= 11 is 2.37. The predicted octanol–water partition coefficient (Wildman–Crippen LogP) is 1.65. The number of hydrogen-bond donors (Lipinski definition) is 0. The Labute approximate surface area is 108 Å². The van der Waals surface area contributed by atoms with E-state index in [2.05, 4.69) is 43.5 Å². The lowest BCUT2D eigenvalue weighted by molar-refractivity contribution is 0.122. The molecule has 1 fully saturated rings. The molecule has 0 bridgehead atoms. The van der Waals surface area contributed by atoms with Gasteiger partial charge in [-0.15, -0.1) is 0 Å². The van der Waals surface area contributed by atoms with E-state index in [0.717, 1.165) is 44.2 Å². The first-order valence-corrected chi connectivity index (χ1v) is 6.45. The highest BCUT2D eigenvalue weighted by Gasteiger charge is 2.21. The molecule has 0 saturated carbocycles. The fraction of sp³-hybridized carbons (Fsp3) is 0.455. The van der Waals surface area contributed by atoms with Crippen LogP contribution in [-0.4, -0.2) is 36.3 Å². The van der Waals surface area contributed by atoms with E-state index in [-0.39, 0.29) is 0 Å². The summed E-state index contributed by atoms with van der Waals surface area (Å²) in [5.41, 5.74) is 2.36. The summed E-state index contributed by atoms with van der Waals surface area (Å²) in [5.74, 6) is 1.07. The van der Waals surface area contributed by atoms with E-state index in [0.29, 0.717) is 0 Å². The van der Waals surface area contributed by atoms with Crippen LogP contribution in [0.25, 0.3) is 6.08 Å². The molecule has 1 aliphatic carbocycles. The molecule has 2 heterocycles. The third-order valence-corrected chi connectivity index (χ3v) is 3.59. The minimum Gasteiger partial charge on any atom is -0.378 e. The van der Waals surface area contributed by atoms with E-state index in [4.69, 9.17) is 4.74 Å². The van der Waals surface area contributed by atoms with E-state index in [9.17, 15) is 0 Å². The lowest BCUT2D eigenvalue weighted by atomic mass is 10.2. The maximum Gasteiger partial charge on any atom is 0.139 e. The second-order valence-electron chi connectivity index (χ2n) is 3.93. The van der Waals surface area contributed by atoms with Gasteiger partial charge in [0.2, 0.25) is 0 Å².